The van der Waals surface area contributed by atoms with E-state index in [2.05, 4.69) is 4.74 Å². The zero-order valence-electron chi connectivity index (χ0n) is 8.82. The van der Waals surface area contributed by atoms with Crippen molar-refractivity contribution in [3.63, 3.8) is 0 Å². The van der Waals surface area contributed by atoms with Crippen LogP contribution >= 0.6 is 0 Å². The van der Waals surface area contributed by atoms with E-state index in [-0.39, 0.29) is 5.56 Å². The maximum absolute atomic E-state index is 13.2. The third kappa shape index (κ3) is 2.75. The van der Waals surface area contributed by atoms with Crippen LogP contribution < -0.4 is 0 Å². The fourth-order valence-electron chi connectivity index (χ4n) is 0.987. The number of benzene rings is 1. The molecule has 0 saturated heterocycles. The van der Waals surface area contributed by atoms with Crippen LogP contribution in [-0.4, -0.2) is 28.3 Å². The summed E-state index contributed by atoms with van der Waals surface area (Å²) < 4.78 is 17.5. The molecule has 0 N–H and O–H groups in total. The van der Waals surface area contributed by atoms with Crippen molar-refractivity contribution in [2.75, 3.05) is 6.61 Å². The van der Waals surface area contributed by atoms with Crippen LogP contribution in [0.5, 0.6) is 0 Å². The summed E-state index contributed by atoms with van der Waals surface area (Å²) in [4.78, 5) is 28.2. The van der Waals surface area contributed by atoms with Gasteiger partial charge in [0.2, 0.25) is 0 Å². The second-order valence-corrected chi connectivity index (χ2v) is 3.18. The molecule has 1 rings (SSSR count). The minimum absolute atomic E-state index is 0.00606. The molecule has 9 heteroatoms. The quantitative estimate of drug-likeness (QED) is 0.256. The van der Waals surface area contributed by atoms with Gasteiger partial charge in [-0.3, -0.25) is 20.2 Å². The van der Waals surface area contributed by atoms with E-state index in [1.165, 1.54) is 24.3 Å². The maximum Gasteiger partial charge on any atom is 0.648 e. The molecule has 0 atom stereocenters. The number of rotatable bonds is 5. The highest BCUT2D eigenvalue weighted by atomic mass is 19.2. The number of ether oxygens (including phenoxy) is 1. The molecule has 0 aromatic heterocycles. The summed E-state index contributed by atoms with van der Waals surface area (Å²) in [5, 5.41) is 20.4. The number of nitrogens with zero attached hydrogens (tertiary/aromatic N) is 2. The van der Waals surface area contributed by atoms with E-state index in [0.717, 1.165) is 0 Å². The second-order valence-electron chi connectivity index (χ2n) is 3.18. The van der Waals surface area contributed by atoms with Crippen LogP contribution in [0.2, 0.25) is 0 Å². The number of hydrogen-bond acceptors (Lipinski definition) is 6. The van der Waals surface area contributed by atoms with Crippen molar-refractivity contribution in [1.82, 2.24) is 0 Å². The standard InChI is InChI=1S/C9H7FN2O6/c10-9(11(14)15,12(16)17)6-18-8(13)7-4-2-1-3-5-7/h1-5H,6H2. The fourth-order valence-corrected chi connectivity index (χ4v) is 0.987. The van der Waals surface area contributed by atoms with Gasteiger partial charge in [-0.2, -0.15) is 0 Å². The van der Waals surface area contributed by atoms with Gasteiger partial charge in [0.05, 0.1) is 5.56 Å². The molecule has 0 aliphatic rings. The first kappa shape index (κ1) is 13.5. The predicted molar refractivity (Wildman–Crippen MR) is 54.6 cm³/mol. The summed E-state index contributed by atoms with van der Waals surface area (Å²) in [7, 11) is 0. The zero-order chi connectivity index (χ0) is 13.8. The Morgan fingerprint density at radius 1 is 1.22 bits per heavy atom. The molecule has 1 aromatic rings. The lowest BCUT2D eigenvalue weighted by Gasteiger charge is -2.08. The molecule has 0 aliphatic heterocycles. The Balaban J connectivity index is 2.73. The van der Waals surface area contributed by atoms with E-state index < -0.39 is 28.3 Å². The maximum atomic E-state index is 13.2. The van der Waals surface area contributed by atoms with Gasteiger partial charge in [-0.05, 0) is 12.1 Å². The Labute approximate surface area is 99.3 Å². The van der Waals surface area contributed by atoms with E-state index in [9.17, 15) is 29.4 Å². The number of carbonyl (C=O) groups is 1. The van der Waals surface area contributed by atoms with Crippen LogP contribution in [0.25, 0.3) is 0 Å². The van der Waals surface area contributed by atoms with Gasteiger partial charge in [-0.15, -0.1) is 0 Å². The Morgan fingerprint density at radius 2 is 1.72 bits per heavy atom. The number of hydrogen-bond donors (Lipinski definition) is 0. The Kier molecular flexibility index (Phi) is 3.87. The molecule has 0 amide bonds. The number of halogens is 1. The van der Waals surface area contributed by atoms with Gasteiger partial charge in [-0.25, -0.2) is 4.79 Å². The van der Waals surface area contributed by atoms with Gasteiger partial charge in [-0.1, -0.05) is 22.6 Å². The third-order valence-electron chi connectivity index (χ3n) is 1.96. The first-order valence-electron chi connectivity index (χ1n) is 4.58. The van der Waals surface area contributed by atoms with Gasteiger partial charge in [0, 0.05) is 0 Å². The average Bonchev–Trinajstić information content (AvgIpc) is 2.36. The van der Waals surface area contributed by atoms with Crippen LogP contribution in [0, 0.1) is 20.2 Å². The molecule has 0 bridgehead atoms. The SMILES string of the molecule is O=C(OCC(F)([N+](=O)[O-])[N+](=O)[O-])c1ccccc1. The van der Waals surface area contributed by atoms with Crippen LogP contribution in [-0.2, 0) is 4.74 Å². The van der Waals surface area contributed by atoms with Gasteiger partial charge in [0.1, 0.15) is 9.85 Å². The highest BCUT2D eigenvalue weighted by Crippen LogP contribution is 2.14. The first-order chi connectivity index (χ1) is 8.38. The summed E-state index contributed by atoms with van der Waals surface area (Å²) >= 11 is 0. The molecule has 0 aliphatic carbocycles. The van der Waals surface area contributed by atoms with Crippen LogP contribution in [0.15, 0.2) is 30.3 Å². The third-order valence-corrected chi connectivity index (χ3v) is 1.96. The lowest BCUT2D eigenvalue weighted by molar-refractivity contribution is -0.832. The molecule has 0 fully saturated rings. The lowest BCUT2D eigenvalue weighted by Crippen LogP contribution is -2.46. The summed E-state index contributed by atoms with van der Waals surface area (Å²) in [5.74, 6) is -5.12. The summed E-state index contributed by atoms with van der Waals surface area (Å²) in [6.07, 6.45) is 0. The molecule has 0 unspecified atom stereocenters. The van der Waals surface area contributed by atoms with E-state index in [0.29, 0.717) is 0 Å². The van der Waals surface area contributed by atoms with E-state index in [4.69, 9.17) is 0 Å². The van der Waals surface area contributed by atoms with E-state index in [1.54, 1.807) is 6.07 Å². The van der Waals surface area contributed by atoms with Crippen molar-refractivity contribution < 1.29 is 23.8 Å². The average molecular weight is 258 g/mol. The minimum Gasteiger partial charge on any atom is -0.442 e. The van der Waals surface area contributed by atoms with Crippen molar-refractivity contribution in [3.05, 3.63) is 56.1 Å². The van der Waals surface area contributed by atoms with E-state index >= 15 is 0 Å². The topological polar surface area (TPSA) is 113 Å². The van der Waals surface area contributed by atoms with Crippen LogP contribution in [0.4, 0.5) is 4.39 Å². The Hall–Kier alpha value is -2.58. The zero-order valence-corrected chi connectivity index (χ0v) is 8.82. The number of nitro groups is 2. The number of carbonyl (C=O) groups excluding carboxylic acids is 1. The van der Waals surface area contributed by atoms with Gasteiger partial charge >= 0.3 is 11.9 Å². The second kappa shape index (κ2) is 5.17. The highest BCUT2D eigenvalue weighted by molar-refractivity contribution is 5.89. The monoisotopic (exact) mass is 258 g/mol. The highest BCUT2D eigenvalue weighted by Gasteiger charge is 2.59. The molecule has 1 aromatic carbocycles. The molecule has 0 heterocycles. The molecule has 18 heavy (non-hydrogen) atoms. The summed E-state index contributed by atoms with van der Waals surface area (Å²) in [6, 6.07) is 7.21. The van der Waals surface area contributed by atoms with Crippen molar-refractivity contribution in [1.29, 1.82) is 0 Å². The minimum atomic E-state index is -4.04. The van der Waals surface area contributed by atoms with Gasteiger partial charge < -0.3 is 4.74 Å². The molecule has 0 radical (unpaired) electrons. The largest absolute Gasteiger partial charge is 0.648 e. The smallest absolute Gasteiger partial charge is 0.442 e. The van der Waals surface area contributed by atoms with Crippen LogP contribution in [0.1, 0.15) is 10.4 Å². The van der Waals surface area contributed by atoms with Crippen molar-refractivity contribution in [3.8, 4) is 0 Å². The number of alkyl halides is 1. The molecular weight excluding hydrogens is 251 g/mol. The summed E-state index contributed by atoms with van der Waals surface area (Å²) in [5.41, 5.74) is 0.00606. The fraction of sp³-hybridized carbons (Fsp3) is 0.222. The van der Waals surface area contributed by atoms with Gasteiger partial charge in [0.15, 0.2) is 0 Å². The Bertz CT molecular complexity index is 463. The molecule has 96 valence electrons. The van der Waals surface area contributed by atoms with E-state index in [1.807, 2.05) is 0 Å². The molecule has 0 spiro atoms. The van der Waals surface area contributed by atoms with Gasteiger partial charge in [0.25, 0.3) is 6.61 Å². The molecule has 8 nitrogen and oxygen atoms in total. The number of esters is 1. The van der Waals surface area contributed by atoms with Crippen LogP contribution in [0.3, 0.4) is 0 Å². The summed E-state index contributed by atoms with van der Waals surface area (Å²) in [6.45, 7) is -1.60. The molecule has 0 saturated carbocycles. The first-order valence-corrected chi connectivity index (χ1v) is 4.58. The van der Waals surface area contributed by atoms with Crippen molar-refractivity contribution in [2.24, 2.45) is 0 Å². The van der Waals surface area contributed by atoms with Crippen molar-refractivity contribution in [2.45, 2.75) is 5.92 Å². The predicted octanol–water partition coefficient (Wildman–Crippen LogP) is 1.02. The normalized spacial score (nSPS) is 10.7. The molecular formula is C9H7FN2O6. The van der Waals surface area contributed by atoms with Crippen molar-refractivity contribution >= 4 is 5.97 Å². The Morgan fingerprint density at radius 3 is 2.17 bits per heavy atom. The lowest BCUT2D eigenvalue weighted by atomic mass is 10.2.